The fraction of sp³-hybridized carbons (Fsp3) is 0.455. The minimum atomic E-state index is -0.968. The first-order chi connectivity index (χ1) is 14.5. The molecule has 3 heterocycles. The van der Waals surface area contributed by atoms with Crippen molar-refractivity contribution in [2.45, 2.75) is 38.0 Å². The molecule has 2 fully saturated rings. The number of nitrogens with zero attached hydrogens (tertiary/aromatic N) is 1. The number of hydrogen-bond donors (Lipinski definition) is 2. The molecule has 30 heavy (non-hydrogen) atoms. The molecule has 7 nitrogen and oxygen atoms in total. The van der Waals surface area contributed by atoms with Crippen LogP contribution in [-0.4, -0.2) is 42.6 Å². The zero-order valence-electron chi connectivity index (χ0n) is 16.9. The number of amides is 3. The van der Waals surface area contributed by atoms with Crippen molar-refractivity contribution in [2.75, 3.05) is 20.2 Å². The lowest BCUT2D eigenvalue weighted by atomic mass is 9.74. The first-order valence-corrected chi connectivity index (χ1v) is 10.5. The third kappa shape index (κ3) is 4.24. The number of rotatable bonds is 7. The molecule has 2 aliphatic heterocycles. The molecule has 0 spiro atoms. The van der Waals surface area contributed by atoms with E-state index in [1.165, 1.54) is 0 Å². The number of hydrogen-bond acceptors (Lipinski definition) is 5. The summed E-state index contributed by atoms with van der Waals surface area (Å²) in [6, 6.07) is 10.9. The van der Waals surface area contributed by atoms with Crippen LogP contribution in [-0.2, 0) is 29.1 Å². The number of carbonyl (C=O) groups excluding carboxylic acids is 2. The maximum absolute atomic E-state index is 12.9. The number of halogens is 1. The van der Waals surface area contributed by atoms with Crippen LogP contribution in [0.5, 0.6) is 0 Å². The summed E-state index contributed by atoms with van der Waals surface area (Å²) in [6.07, 6.45) is 1.97. The average molecular weight is 432 g/mol. The van der Waals surface area contributed by atoms with Gasteiger partial charge in [-0.05, 0) is 55.6 Å². The molecule has 2 saturated heterocycles. The van der Waals surface area contributed by atoms with Gasteiger partial charge >= 0.3 is 6.03 Å². The number of furan rings is 1. The molecule has 0 bridgehead atoms. The van der Waals surface area contributed by atoms with Crippen molar-refractivity contribution in [2.24, 2.45) is 5.92 Å². The fourth-order valence-corrected chi connectivity index (χ4v) is 4.74. The molecule has 1 atom stereocenters. The van der Waals surface area contributed by atoms with E-state index in [4.69, 9.17) is 20.8 Å². The van der Waals surface area contributed by atoms with Crippen molar-refractivity contribution < 1.29 is 18.7 Å². The molecule has 0 saturated carbocycles. The Balaban J connectivity index is 1.45. The van der Waals surface area contributed by atoms with E-state index in [9.17, 15) is 9.59 Å². The van der Waals surface area contributed by atoms with E-state index in [0.717, 1.165) is 43.0 Å². The molecular weight excluding hydrogens is 406 g/mol. The Hall–Kier alpha value is -2.35. The lowest BCUT2D eigenvalue weighted by Gasteiger charge is -2.40. The van der Waals surface area contributed by atoms with Crippen molar-refractivity contribution >= 4 is 23.5 Å². The fourth-order valence-electron chi connectivity index (χ4n) is 4.54. The van der Waals surface area contributed by atoms with Gasteiger partial charge in [-0.25, -0.2) is 4.79 Å². The normalized spacial score (nSPS) is 22.9. The molecule has 160 valence electrons. The van der Waals surface area contributed by atoms with Gasteiger partial charge in [0, 0.05) is 18.6 Å². The van der Waals surface area contributed by atoms with Crippen LogP contribution in [0.15, 0.2) is 40.8 Å². The van der Waals surface area contributed by atoms with Crippen LogP contribution in [0, 0.1) is 5.92 Å². The Morgan fingerprint density at radius 1 is 1.17 bits per heavy atom. The number of carbonyl (C=O) groups is 2. The van der Waals surface area contributed by atoms with Crippen LogP contribution in [0.1, 0.15) is 29.9 Å². The second-order valence-corrected chi connectivity index (χ2v) is 8.41. The quantitative estimate of drug-likeness (QED) is 0.658. The van der Waals surface area contributed by atoms with E-state index >= 15 is 0 Å². The Morgan fingerprint density at radius 3 is 2.57 bits per heavy atom. The number of ether oxygens (including phenoxy) is 1. The molecule has 1 aromatic heterocycles. The summed E-state index contributed by atoms with van der Waals surface area (Å²) in [5, 5.41) is 5.98. The van der Waals surface area contributed by atoms with Gasteiger partial charge in [-0.2, -0.15) is 0 Å². The predicted molar refractivity (Wildman–Crippen MR) is 112 cm³/mol. The molecule has 8 heteroatoms. The van der Waals surface area contributed by atoms with Crippen LogP contribution < -0.4 is 10.6 Å². The first-order valence-electron chi connectivity index (χ1n) is 10.2. The van der Waals surface area contributed by atoms with E-state index in [1.54, 1.807) is 7.11 Å². The summed E-state index contributed by atoms with van der Waals surface area (Å²) in [4.78, 5) is 27.2. The first kappa shape index (κ1) is 20.9. The van der Waals surface area contributed by atoms with Crippen molar-refractivity contribution in [1.82, 2.24) is 15.5 Å². The number of likely N-dealkylation sites (tertiary alicyclic amines) is 1. The van der Waals surface area contributed by atoms with E-state index in [-0.39, 0.29) is 11.8 Å². The van der Waals surface area contributed by atoms with Crippen molar-refractivity contribution in [1.29, 1.82) is 0 Å². The molecule has 1 aromatic carbocycles. The third-order valence-electron chi connectivity index (χ3n) is 6.06. The van der Waals surface area contributed by atoms with Gasteiger partial charge in [0.25, 0.3) is 5.91 Å². The van der Waals surface area contributed by atoms with Gasteiger partial charge in [-0.1, -0.05) is 29.8 Å². The van der Waals surface area contributed by atoms with Gasteiger partial charge in [-0.3, -0.25) is 15.0 Å². The maximum atomic E-state index is 12.9. The van der Waals surface area contributed by atoms with E-state index in [0.29, 0.717) is 24.6 Å². The summed E-state index contributed by atoms with van der Waals surface area (Å²) in [7, 11) is 1.64. The minimum Gasteiger partial charge on any atom is -0.462 e. The highest BCUT2D eigenvalue weighted by molar-refractivity contribution is 6.31. The van der Waals surface area contributed by atoms with Crippen LogP contribution >= 0.6 is 11.6 Å². The molecule has 2 aliphatic rings. The highest BCUT2D eigenvalue weighted by Crippen LogP contribution is 2.35. The number of benzene rings is 1. The number of piperidine rings is 1. The SMILES string of the molecule is COCc1ccc(CN2CCC([C@]3(Cc4ccccc4Cl)NC(=O)NC3=O)CC2)o1. The topological polar surface area (TPSA) is 83.8 Å². The van der Waals surface area contributed by atoms with Gasteiger partial charge in [-0.15, -0.1) is 0 Å². The summed E-state index contributed by atoms with van der Waals surface area (Å²) in [5.74, 6) is 1.47. The monoisotopic (exact) mass is 431 g/mol. The van der Waals surface area contributed by atoms with Gasteiger partial charge in [0.2, 0.25) is 0 Å². The molecule has 0 aliphatic carbocycles. The van der Waals surface area contributed by atoms with Crippen LogP contribution in [0.25, 0.3) is 0 Å². The zero-order chi connectivity index (χ0) is 21.1. The Kier molecular flexibility index (Phi) is 6.13. The molecule has 0 radical (unpaired) electrons. The molecule has 2 aromatic rings. The van der Waals surface area contributed by atoms with Crippen molar-refractivity contribution in [3.05, 3.63) is 58.5 Å². The van der Waals surface area contributed by atoms with Crippen LogP contribution in [0.3, 0.4) is 0 Å². The Bertz CT molecular complexity index is 923. The largest absolute Gasteiger partial charge is 0.462 e. The van der Waals surface area contributed by atoms with Crippen molar-refractivity contribution in [3.8, 4) is 0 Å². The molecule has 0 unspecified atom stereocenters. The van der Waals surface area contributed by atoms with E-state index in [2.05, 4.69) is 15.5 Å². The van der Waals surface area contributed by atoms with Gasteiger partial charge in [0.15, 0.2) is 0 Å². The second-order valence-electron chi connectivity index (χ2n) is 8.00. The van der Waals surface area contributed by atoms with Gasteiger partial charge in [0.05, 0.1) is 6.54 Å². The molecule has 4 rings (SSSR count). The number of urea groups is 1. The number of imide groups is 1. The molecular formula is C22H26ClN3O4. The van der Waals surface area contributed by atoms with Crippen LogP contribution in [0.4, 0.5) is 4.79 Å². The van der Waals surface area contributed by atoms with Crippen molar-refractivity contribution in [3.63, 3.8) is 0 Å². The highest BCUT2D eigenvalue weighted by Gasteiger charge is 2.52. The van der Waals surface area contributed by atoms with Gasteiger partial charge in [0.1, 0.15) is 23.7 Å². The summed E-state index contributed by atoms with van der Waals surface area (Å²) in [5.41, 5.74) is -0.106. The predicted octanol–water partition coefficient (Wildman–Crippen LogP) is 3.11. The molecule has 2 N–H and O–H groups in total. The third-order valence-corrected chi connectivity index (χ3v) is 6.43. The van der Waals surface area contributed by atoms with E-state index < -0.39 is 11.6 Å². The zero-order valence-corrected chi connectivity index (χ0v) is 17.7. The average Bonchev–Trinajstić information content (AvgIpc) is 3.28. The summed E-state index contributed by atoms with van der Waals surface area (Å²) >= 11 is 6.35. The number of methoxy groups -OCH3 is 1. The standard InChI is InChI=1S/C22H26ClN3O4/c1-29-14-18-7-6-17(30-18)13-26-10-8-16(9-11-26)22(20(27)24-21(28)25-22)12-15-4-2-3-5-19(15)23/h2-7,16H,8-14H2,1H3,(H2,24,25,27,28)/t22-/m0/s1. The van der Waals surface area contributed by atoms with Crippen LogP contribution in [0.2, 0.25) is 5.02 Å². The maximum Gasteiger partial charge on any atom is 0.322 e. The summed E-state index contributed by atoms with van der Waals surface area (Å²) in [6.45, 7) is 2.81. The second kappa shape index (κ2) is 8.79. The highest BCUT2D eigenvalue weighted by atomic mass is 35.5. The lowest BCUT2D eigenvalue weighted by Crippen LogP contribution is -2.57. The lowest BCUT2D eigenvalue weighted by molar-refractivity contribution is -0.126. The Morgan fingerprint density at radius 2 is 1.90 bits per heavy atom. The smallest absolute Gasteiger partial charge is 0.322 e. The van der Waals surface area contributed by atoms with E-state index in [1.807, 2.05) is 36.4 Å². The molecule has 3 amide bonds. The minimum absolute atomic E-state index is 0.0251. The van der Waals surface area contributed by atoms with Gasteiger partial charge < -0.3 is 14.5 Å². The number of nitrogens with one attached hydrogen (secondary N) is 2. The summed E-state index contributed by atoms with van der Waals surface area (Å²) < 4.78 is 10.9. The Labute approximate surface area is 180 Å².